The zero-order chi connectivity index (χ0) is 15.6. The predicted octanol–water partition coefficient (Wildman–Crippen LogP) is 2.40. The molecular formula is C12H16BrNO5S2. The molecule has 9 heteroatoms. The van der Waals surface area contributed by atoms with Gasteiger partial charge in [0.1, 0.15) is 9.77 Å². The lowest BCUT2D eigenvalue weighted by Crippen LogP contribution is -2.37. The van der Waals surface area contributed by atoms with E-state index in [0.717, 1.165) is 30.6 Å². The first kappa shape index (κ1) is 16.9. The summed E-state index contributed by atoms with van der Waals surface area (Å²) in [4.78, 5) is 10.9. The molecule has 1 aliphatic rings. The molecule has 1 aliphatic heterocycles. The van der Waals surface area contributed by atoms with Crippen LogP contribution in [0.15, 0.2) is 14.7 Å². The Kier molecular flexibility index (Phi) is 5.42. The van der Waals surface area contributed by atoms with E-state index in [1.54, 1.807) is 0 Å². The Balaban J connectivity index is 2.18. The largest absolute Gasteiger partial charge is 0.477 e. The topological polar surface area (TPSA) is 83.9 Å². The van der Waals surface area contributed by atoms with Crippen LogP contribution in [-0.4, -0.2) is 50.1 Å². The quantitative estimate of drug-likeness (QED) is 0.824. The molecule has 1 atom stereocenters. The standard InChI is InChI=1S/C12H16BrNO5S2/c1-14(7-8-4-2-3-5-19-8)21(17,18)10-6-9(12(15)16)20-11(10)13/h6,8H,2-5,7H2,1H3,(H,15,16). The van der Waals surface area contributed by atoms with Crippen molar-refractivity contribution < 1.29 is 23.1 Å². The number of nitrogens with zero attached hydrogens (tertiary/aromatic N) is 1. The summed E-state index contributed by atoms with van der Waals surface area (Å²) < 4.78 is 32.1. The number of hydrogen-bond donors (Lipinski definition) is 1. The third-order valence-electron chi connectivity index (χ3n) is 3.29. The summed E-state index contributed by atoms with van der Waals surface area (Å²) in [6.45, 7) is 0.927. The number of rotatable bonds is 5. The van der Waals surface area contributed by atoms with Crippen molar-refractivity contribution >= 4 is 43.3 Å². The van der Waals surface area contributed by atoms with E-state index >= 15 is 0 Å². The van der Waals surface area contributed by atoms with Crippen LogP contribution < -0.4 is 0 Å². The Morgan fingerprint density at radius 2 is 2.29 bits per heavy atom. The van der Waals surface area contributed by atoms with Gasteiger partial charge in [-0.15, -0.1) is 11.3 Å². The number of halogens is 1. The summed E-state index contributed by atoms with van der Waals surface area (Å²) >= 11 is 4.03. The Labute approximate surface area is 135 Å². The van der Waals surface area contributed by atoms with Gasteiger partial charge in [-0.05, 0) is 41.3 Å². The van der Waals surface area contributed by atoms with Gasteiger partial charge < -0.3 is 9.84 Å². The lowest BCUT2D eigenvalue weighted by Gasteiger charge is -2.26. The zero-order valence-corrected chi connectivity index (χ0v) is 14.6. The molecule has 21 heavy (non-hydrogen) atoms. The van der Waals surface area contributed by atoms with E-state index in [1.165, 1.54) is 17.4 Å². The SMILES string of the molecule is CN(CC1CCCCO1)S(=O)(=O)c1cc(C(=O)O)sc1Br. The van der Waals surface area contributed by atoms with Gasteiger partial charge in [-0.3, -0.25) is 0 Å². The van der Waals surface area contributed by atoms with Crippen molar-refractivity contribution in [3.63, 3.8) is 0 Å². The Hall–Kier alpha value is -0.480. The van der Waals surface area contributed by atoms with Crippen LogP contribution in [0.3, 0.4) is 0 Å². The fourth-order valence-corrected chi connectivity index (χ4v) is 5.69. The zero-order valence-electron chi connectivity index (χ0n) is 11.4. The molecule has 0 saturated carbocycles. The fraction of sp³-hybridized carbons (Fsp3) is 0.583. The van der Waals surface area contributed by atoms with Gasteiger partial charge in [-0.25, -0.2) is 13.2 Å². The van der Waals surface area contributed by atoms with Gasteiger partial charge in [0.25, 0.3) is 0 Å². The highest BCUT2D eigenvalue weighted by Gasteiger charge is 2.29. The molecule has 118 valence electrons. The van der Waals surface area contributed by atoms with Crippen LogP contribution in [-0.2, 0) is 14.8 Å². The van der Waals surface area contributed by atoms with Gasteiger partial charge in [0.15, 0.2) is 0 Å². The lowest BCUT2D eigenvalue weighted by molar-refractivity contribution is 0.00858. The molecule has 1 N–H and O–H groups in total. The van der Waals surface area contributed by atoms with Crippen molar-refractivity contribution in [2.75, 3.05) is 20.2 Å². The maximum absolute atomic E-state index is 12.5. The number of likely N-dealkylation sites (N-methyl/N-ethyl adjacent to an activating group) is 1. The molecule has 1 aromatic rings. The second-order valence-corrected chi connectivity index (χ2v) is 9.21. The molecule has 2 rings (SSSR count). The minimum absolute atomic E-state index is 0.0109. The number of ether oxygens (including phenoxy) is 1. The molecular weight excluding hydrogens is 382 g/mol. The number of aromatic carboxylic acids is 1. The molecule has 2 heterocycles. The van der Waals surface area contributed by atoms with Crippen LogP contribution in [0.25, 0.3) is 0 Å². The summed E-state index contributed by atoms with van der Waals surface area (Å²) in [5.74, 6) is -1.14. The first-order valence-corrected chi connectivity index (χ1v) is 9.48. The van der Waals surface area contributed by atoms with Crippen LogP contribution in [0.1, 0.15) is 28.9 Å². The average Bonchev–Trinajstić information content (AvgIpc) is 2.83. The monoisotopic (exact) mass is 397 g/mol. The molecule has 0 aromatic carbocycles. The minimum Gasteiger partial charge on any atom is -0.477 e. The number of carboxylic acid groups (broad SMARTS) is 1. The number of thiophene rings is 1. The van der Waals surface area contributed by atoms with Crippen LogP contribution in [0.2, 0.25) is 0 Å². The molecule has 1 unspecified atom stereocenters. The van der Waals surface area contributed by atoms with Gasteiger partial charge in [0.2, 0.25) is 10.0 Å². The third-order valence-corrected chi connectivity index (χ3v) is 7.35. The highest BCUT2D eigenvalue weighted by atomic mass is 79.9. The van der Waals surface area contributed by atoms with E-state index in [-0.39, 0.29) is 22.4 Å². The molecule has 0 aliphatic carbocycles. The maximum Gasteiger partial charge on any atom is 0.345 e. The van der Waals surface area contributed by atoms with Crippen molar-refractivity contribution in [2.45, 2.75) is 30.3 Å². The number of carboxylic acids is 1. The first-order chi connectivity index (χ1) is 9.82. The van der Waals surface area contributed by atoms with Gasteiger partial charge in [-0.1, -0.05) is 0 Å². The normalized spacial score (nSPS) is 19.9. The van der Waals surface area contributed by atoms with E-state index in [1.807, 2.05) is 0 Å². The molecule has 6 nitrogen and oxygen atoms in total. The van der Waals surface area contributed by atoms with Crippen LogP contribution in [0.4, 0.5) is 0 Å². The van der Waals surface area contributed by atoms with Crippen molar-refractivity contribution in [1.29, 1.82) is 0 Å². The molecule has 0 bridgehead atoms. The molecule has 1 aromatic heterocycles. The lowest BCUT2D eigenvalue weighted by atomic mass is 10.1. The van der Waals surface area contributed by atoms with Crippen molar-refractivity contribution in [1.82, 2.24) is 4.31 Å². The maximum atomic E-state index is 12.5. The Bertz CT molecular complexity index is 622. The van der Waals surface area contributed by atoms with E-state index in [0.29, 0.717) is 10.4 Å². The summed E-state index contributed by atoms with van der Waals surface area (Å²) in [6.07, 6.45) is 2.77. The number of carbonyl (C=O) groups is 1. The highest BCUT2D eigenvalue weighted by Crippen LogP contribution is 2.33. The fourth-order valence-electron chi connectivity index (χ4n) is 2.14. The smallest absolute Gasteiger partial charge is 0.345 e. The minimum atomic E-state index is -3.73. The van der Waals surface area contributed by atoms with E-state index in [4.69, 9.17) is 9.84 Å². The second-order valence-electron chi connectivity index (χ2n) is 4.83. The predicted molar refractivity (Wildman–Crippen MR) is 82.4 cm³/mol. The van der Waals surface area contributed by atoms with Gasteiger partial charge in [0, 0.05) is 20.2 Å². The summed E-state index contributed by atoms with van der Waals surface area (Å²) in [7, 11) is -2.24. The summed E-state index contributed by atoms with van der Waals surface area (Å²) in [6, 6.07) is 1.19. The molecule has 0 amide bonds. The van der Waals surface area contributed by atoms with Crippen molar-refractivity contribution in [3.8, 4) is 0 Å². The van der Waals surface area contributed by atoms with E-state index in [9.17, 15) is 13.2 Å². The molecule has 0 radical (unpaired) electrons. The number of hydrogen-bond acceptors (Lipinski definition) is 5. The Morgan fingerprint density at radius 3 is 2.81 bits per heavy atom. The van der Waals surface area contributed by atoms with Crippen LogP contribution >= 0.6 is 27.3 Å². The van der Waals surface area contributed by atoms with Crippen LogP contribution in [0.5, 0.6) is 0 Å². The van der Waals surface area contributed by atoms with Crippen molar-refractivity contribution in [3.05, 3.63) is 14.7 Å². The Morgan fingerprint density at radius 1 is 1.57 bits per heavy atom. The van der Waals surface area contributed by atoms with E-state index < -0.39 is 16.0 Å². The van der Waals surface area contributed by atoms with Gasteiger partial charge in [0.05, 0.1) is 9.89 Å². The van der Waals surface area contributed by atoms with Crippen molar-refractivity contribution in [2.24, 2.45) is 0 Å². The van der Waals surface area contributed by atoms with Gasteiger partial charge in [-0.2, -0.15) is 4.31 Å². The molecule has 1 saturated heterocycles. The highest BCUT2D eigenvalue weighted by molar-refractivity contribution is 9.11. The van der Waals surface area contributed by atoms with E-state index in [2.05, 4.69) is 15.9 Å². The second kappa shape index (κ2) is 6.74. The van der Waals surface area contributed by atoms with Gasteiger partial charge >= 0.3 is 5.97 Å². The van der Waals surface area contributed by atoms with Crippen LogP contribution in [0, 0.1) is 0 Å². The first-order valence-electron chi connectivity index (χ1n) is 6.43. The summed E-state index contributed by atoms with van der Waals surface area (Å²) in [5.41, 5.74) is 0. The number of sulfonamides is 1. The molecule has 0 spiro atoms. The summed E-state index contributed by atoms with van der Waals surface area (Å²) in [5, 5.41) is 8.95. The molecule has 1 fully saturated rings. The average molecular weight is 398 g/mol. The third kappa shape index (κ3) is 3.84.